The van der Waals surface area contributed by atoms with Crippen LogP contribution in [0.15, 0.2) is 40.0 Å². The minimum atomic E-state index is -0.210. The summed E-state index contributed by atoms with van der Waals surface area (Å²) in [5, 5.41) is 11.8. The Labute approximate surface area is 202 Å². The molecule has 0 aliphatic carbocycles. The van der Waals surface area contributed by atoms with Gasteiger partial charge in [-0.25, -0.2) is 0 Å². The number of nitrogens with one attached hydrogen (secondary N) is 1. The quantitative estimate of drug-likeness (QED) is 0.345. The SMILES string of the molecule is CCOc1cc(-c2nnc(SCC(=O)Nc3ccc(C)c(Cl)c3)o2)cc(OCC)c1OCC. The molecule has 0 saturated heterocycles. The number of thioether (sulfide) groups is 1. The first-order valence-electron chi connectivity index (χ1n) is 10.5. The van der Waals surface area contributed by atoms with Crippen molar-refractivity contribution < 1.29 is 23.4 Å². The Morgan fingerprint density at radius 1 is 1.03 bits per heavy atom. The summed E-state index contributed by atoms with van der Waals surface area (Å²) in [7, 11) is 0. The summed E-state index contributed by atoms with van der Waals surface area (Å²) in [6.07, 6.45) is 0. The van der Waals surface area contributed by atoms with E-state index in [-0.39, 0.29) is 22.8 Å². The third-order valence-corrected chi connectivity index (χ3v) is 5.57. The zero-order chi connectivity index (χ0) is 23.8. The Bertz CT molecular complexity index is 1080. The first kappa shape index (κ1) is 24.7. The van der Waals surface area contributed by atoms with Crippen LogP contribution in [0.1, 0.15) is 26.3 Å². The van der Waals surface area contributed by atoms with Gasteiger partial charge in [-0.2, -0.15) is 0 Å². The highest BCUT2D eigenvalue weighted by Gasteiger charge is 2.19. The van der Waals surface area contributed by atoms with Crippen LogP contribution in [0.2, 0.25) is 5.02 Å². The van der Waals surface area contributed by atoms with Gasteiger partial charge in [0.1, 0.15) is 0 Å². The Morgan fingerprint density at radius 3 is 2.30 bits per heavy atom. The number of carbonyl (C=O) groups excluding carboxylic acids is 1. The predicted octanol–water partition coefficient (Wildman–Crippen LogP) is 5.63. The molecule has 0 fully saturated rings. The van der Waals surface area contributed by atoms with Crippen molar-refractivity contribution in [2.24, 2.45) is 0 Å². The monoisotopic (exact) mass is 491 g/mol. The molecule has 3 rings (SSSR count). The molecule has 0 saturated carbocycles. The lowest BCUT2D eigenvalue weighted by Gasteiger charge is -2.16. The Morgan fingerprint density at radius 2 is 1.70 bits per heavy atom. The second-order valence-electron chi connectivity index (χ2n) is 6.77. The van der Waals surface area contributed by atoms with Crippen LogP contribution >= 0.6 is 23.4 Å². The number of benzene rings is 2. The molecular formula is C23H26ClN3O5S. The Kier molecular flexibility index (Phi) is 8.85. The lowest BCUT2D eigenvalue weighted by atomic mass is 10.2. The van der Waals surface area contributed by atoms with Crippen LogP contribution in [0.25, 0.3) is 11.5 Å². The lowest BCUT2D eigenvalue weighted by Crippen LogP contribution is -2.14. The van der Waals surface area contributed by atoms with E-state index in [2.05, 4.69) is 15.5 Å². The molecule has 3 aromatic rings. The molecule has 1 amide bonds. The van der Waals surface area contributed by atoms with Crippen LogP contribution in [-0.4, -0.2) is 41.7 Å². The largest absolute Gasteiger partial charge is 0.490 e. The number of carbonyl (C=O) groups is 1. The standard InChI is InChI=1S/C23H26ClN3O5S/c1-5-29-18-10-15(11-19(30-6-2)21(18)31-7-3)22-26-27-23(32-22)33-13-20(28)25-16-9-8-14(4)17(24)12-16/h8-12H,5-7,13H2,1-4H3,(H,25,28). The van der Waals surface area contributed by atoms with Gasteiger partial charge in [0.25, 0.3) is 5.22 Å². The van der Waals surface area contributed by atoms with Crippen molar-refractivity contribution in [1.82, 2.24) is 10.2 Å². The van der Waals surface area contributed by atoms with Crippen LogP contribution in [0.5, 0.6) is 17.2 Å². The fourth-order valence-electron chi connectivity index (χ4n) is 2.89. The number of halogens is 1. The number of aryl methyl sites for hydroxylation is 1. The first-order chi connectivity index (χ1) is 15.9. The van der Waals surface area contributed by atoms with Gasteiger partial charge in [0, 0.05) is 16.3 Å². The van der Waals surface area contributed by atoms with Crippen LogP contribution in [0.4, 0.5) is 5.69 Å². The highest BCUT2D eigenvalue weighted by Crippen LogP contribution is 2.42. The van der Waals surface area contributed by atoms with Crippen LogP contribution in [0, 0.1) is 6.92 Å². The van der Waals surface area contributed by atoms with Gasteiger partial charge < -0.3 is 23.9 Å². The number of ether oxygens (including phenoxy) is 3. The molecule has 8 nitrogen and oxygen atoms in total. The summed E-state index contributed by atoms with van der Waals surface area (Å²) in [6, 6.07) is 8.90. The zero-order valence-corrected chi connectivity index (χ0v) is 20.5. The number of aromatic nitrogens is 2. The Balaban J connectivity index is 1.72. The zero-order valence-electron chi connectivity index (χ0n) is 18.9. The van der Waals surface area contributed by atoms with Crippen molar-refractivity contribution in [3.8, 4) is 28.7 Å². The molecule has 1 heterocycles. The Hall–Kier alpha value is -2.91. The molecule has 1 N–H and O–H groups in total. The molecule has 0 radical (unpaired) electrons. The summed E-state index contributed by atoms with van der Waals surface area (Å²) in [6.45, 7) is 8.96. The molecule has 176 valence electrons. The van der Waals surface area contributed by atoms with Crippen molar-refractivity contribution in [1.29, 1.82) is 0 Å². The molecule has 0 aliphatic rings. The fraction of sp³-hybridized carbons (Fsp3) is 0.348. The lowest BCUT2D eigenvalue weighted by molar-refractivity contribution is -0.113. The number of amides is 1. The molecule has 0 bridgehead atoms. The van der Waals surface area contributed by atoms with Crippen molar-refractivity contribution in [2.45, 2.75) is 32.9 Å². The van der Waals surface area contributed by atoms with Crippen LogP contribution < -0.4 is 19.5 Å². The summed E-state index contributed by atoms with van der Waals surface area (Å²) >= 11 is 7.24. The second-order valence-corrected chi connectivity index (χ2v) is 8.11. The molecule has 10 heteroatoms. The number of nitrogens with zero attached hydrogens (tertiary/aromatic N) is 2. The van der Waals surface area contributed by atoms with Crippen LogP contribution in [0.3, 0.4) is 0 Å². The molecule has 0 atom stereocenters. The summed E-state index contributed by atoms with van der Waals surface area (Å²) in [5.41, 5.74) is 2.20. The predicted molar refractivity (Wildman–Crippen MR) is 129 cm³/mol. The van der Waals surface area contributed by atoms with Crippen molar-refractivity contribution in [3.05, 3.63) is 40.9 Å². The van der Waals surface area contributed by atoms with E-state index in [1.165, 1.54) is 0 Å². The molecule has 0 aliphatic heterocycles. The molecule has 33 heavy (non-hydrogen) atoms. The molecule has 0 unspecified atom stereocenters. The van der Waals surface area contributed by atoms with Crippen LogP contribution in [-0.2, 0) is 4.79 Å². The first-order valence-corrected chi connectivity index (χ1v) is 11.9. The van der Waals surface area contributed by atoms with Gasteiger partial charge in [-0.05, 0) is 57.5 Å². The van der Waals surface area contributed by atoms with E-state index in [0.29, 0.717) is 53.3 Å². The van der Waals surface area contributed by atoms with E-state index < -0.39 is 0 Å². The van der Waals surface area contributed by atoms with Gasteiger partial charge in [0.05, 0.1) is 25.6 Å². The number of anilines is 1. The highest BCUT2D eigenvalue weighted by atomic mass is 35.5. The average Bonchev–Trinajstić information content (AvgIpc) is 3.26. The fourth-order valence-corrected chi connectivity index (χ4v) is 3.64. The van der Waals surface area contributed by atoms with Crippen molar-refractivity contribution in [3.63, 3.8) is 0 Å². The van der Waals surface area contributed by atoms with E-state index in [0.717, 1.165) is 17.3 Å². The molecule has 1 aromatic heterocycles. The molecule has 2 aromatic carbocycles. The van der Waals surface area contributed by atoms with Gasteiger partial charge in [-0.3, -0.25) is 4.79 Å². The van der Waals surface area contributed by atoms with Gasteiger partial charge in [0.15, 0.2) is 11.5 Å². The number of rotatable bonds is 11. The van der Waals surface area contributed by atoms with Gasteiger partial charge in [-0.1, -0.05) is 29.4 Å². The van der Waals surface area contributed by atoms with E-state index in [4.69, 9.17) is 30.2 Å². The topological polar surface area (TPSA) is 95.7 Å². The third-order valence-electron chi connectivity index (χ3n) is 4.34. The molecule has 0 spiro atoms. The normalized spacial score (nSPS) is 10.7. The minimum absolute atomic E-state index is 0.102. The van der Waals surface area contributed by atoms with Gasteiger partial charge >= 0.3 is 0 Å². The minimum Gasteiger partial charge on any atom is -0.490 e. The van der Waals surface area contributed by atoms with E-state index in [1.807, 2.05) is 33.8 Å². The molecular weight excluding hydrogens is 466 g/mol. The van der Waals surface area contributed by atoms with Crippen molar-refractivity contribution in [2.75, 3.05) is 30.9 Å². The van der Waals surface area contributed by atoms with Gasteiger partial charge in [0.2, 0.25) is 17.5 Å². The second kappa shape index (κ2) is 11.8. The number of hydrogen-bond donors (Lipinski definition) is 1. The maximum Gasteiger partial charge on any atom is 0.277 e. The average molecular weight is 492 g/mol. The summed E-state index contributed by atoms with van der Waals surface area (Å²) in [4.78, 5) is 12.3. The van der Waals surface area contributed by atoms with E-state index in [9.17, 15) is 4.79 Å². The highest BCUT2D eigenvalue weighted by molar-refractivity contribution is 7.99. The summed E-state index contributed by atoms with van der Waals surface area (Å²) < 4.78 is 23.0. The number of hydrogen-bond acceptors (Lipinski definition) is 8. The maximum atomic E-state index is 12.3. The summed E-state index contributed by atoms with van der Waals surface area (Å²) in [5.74, 6) is 1.77. The maximum absolute atomic E-state index is 12.3. The third kappa shape index (κ3) is 6.55. The van der Waals surface area contributed by atoms with Crippen molar-refractivity contribution >= 4 is 35.0 Å². The van der Waals surface area contributed by atoms with Gasteiger partial charge in [-0.15, -0.1) is 10.2 Å². The van der Waals surface area contributed by atoms with E-state index >= 15 is 0 Å². The van der Waals surface area contributed by atoms with E-state index in [1.54, 1.807) is 24.3 Å². The smallest absolute Gasteiger partial charge is 0.277 e.